The Kier molecular flexibility index (Phi) is 3.39. The summed E-state index contributed by atoms with van der Waals surface area (Å²) >= 11 is 0. The van der Waals surface area contributed by atoms with Crippen LogP contribution in [0.25, 0.3) is 11.1 Å². The van der Waals surface area contributed by atoms with Gasteiger partial charge in [-0.3, -0.25) is 0 Å². The summed E-state index contributed by atoms with van der Waals surface area (Å²) in [4.78, 5) is 15.0. The molecule has 0 bridgehead atoms. The topological polar surface area (TPSA) is 72.6 Å². The van der Waals surface area contributed by atoms with E-state index in [-0.39, 0.29) is 5.56 Å². The van der Waals surface area contributed by atoms with Gasteiger partial charge in [0.25, 0.3) is 0 Å². The summed E-state index contributed by atoms with van der Waals surface area (Å²) in [5, 5.41) is 8.85. The predicted molar refractivity (Wildman–Crippen MR) is 61.2 cm³/mol. The molecule has 2 rings (SSSR count). The Labute approximate surface area is 98.0 Å². The van der Waals surface area contributed by atoms with Gasteiger partial charge in [-0.15, -0.1) is 0 Å². The van der Waals surface area contributed by atoms with Crippen molar-refractivity contribution in [2.45, 2.75) is 13.3 Å². The third-order valence-electron chi connectivity index (χ3n) is 2.34. The van der Waals surface area contributed by atoms with Gasteiger partial charge in [-0.05, 0) is 25.1 Å². The van der Waals surface area contributed by atoms with Gasteiger partial charge in [-0.2, -0.15) is 0 Å². The van der Waals surface area contributed by atoms with Crippen LogP contribution in [0.1, 0.15) is 23.2 Å². The van der Waals surface area contributed by atoms with Crippen LogP contribution in [-0.4, -0.2) is 29.3 Å². The standard InChI is InChI=1S/C12H13NO4/c1-2-16-6-5-11-13-9-7-8(12(14)15)3-4-10(9)17-11/h3-4,7H,2,5-6H2,1H3,(H,14,15). The lowest BCUT2D eigenvalue weighted by atomic mass is 10.2. The van der Waals surface area contributed by atoms with Crippen molar-refractivity contribution in [1.29, 1.82) is 0 Å². The predicted octanol–water partition coefficient (Wildman–Crippen LogP) is 2.10. The molecule has 5 heteroatoms. The van der Waals surface area contributed by atoms with Crippen molar-refractivity contribution in [3.63, 3.8) is 0 Å². The highest BCUT2D eigenvalue weighted by Crippen LogP contribution is 2.17. The van der Waals surface area contributed by atoms with Crippen LogP contribution in [0.4, 0.5) is 0 Å². The highest BCUT2D eigenvalue weighted by molar-refractivity contribution is 5.91. The normalized spacial score (nSPS) is 10.9. The van der Waals surface area contributed by atoms with E-state index < -0.39 is 5.97 Å². The Morgan fingerprint density at radius 3 is 3.06 bits per heavy atom. The third kappa shape index (κ3) is 2.62. The second-order valence-electron chi connectivity index (χ2n) is 3.54. The molecule has 0 unspecified atom stereocenters. The molecule has 0 spiro atoms. The van der Waals surface area contributed by atoms with E-state index in [1.165, 1.54) is 12.1 Å². The Morgan fingerprint density at radius 2 is 2.35 bits per heavy atom. The molecule has 0 aliphatic carbocycles. The average Bonchev–Trinajstić information content (AvgIpc) is 2.70. The van der Waals surface area contributed by atoms with Crippen LogP contribution < -0.4 is 0 Å². The molecule has 0 aliphatic heterocycles. The molecule has 0 fully saturated rings. The largest absolute Gasteiger partial charge is 0.478 e. The maximum atomic E-state index is 10.8. The van der Waals surface area contributed by atoms with Gasteiger partial charge in [0.2, 0.25) is 0 Å². The van der Waals surface area contributed by atoms with Crippen molar-refractivity contribution >= 4 is 17.1 Å². The van der Waals surface area contributed by atoms with E-state index in [9.17, 15) is 4.79 Å². The minimum absolute atomic E-state index is 0.210. The molecule has 0 amide bonds. The number of aromatic carboxylic acids is 1. The summed E-state index contributed by atoms with van der Waals surface area (Å²) in [6, 6.07) is 4.63. The minimum Gasteiger partial charge on any atom is -0.478 e. The van der Waals surface area contributed by atoms with Crippen molar-refractivity contribution in [3.05, 3.63) is 29.7 Å². The highest BCUT2D eigenvalue weighted by Gasteiger charge is 2.09. The molecule has 0 saturated carbocycles. The number of carbonyl (C=O) groups is 1. The lowest BCUT2D eigenvalue weighted by molar-refractivity contribution is 0.0697. The summed E-state index contributed by atoms with van der Waals surface area (Å²) in [6.07, 6.45) is 0.588. The number of fused-ring (bicyclic) bond motifs is 1. The highest BCUT2D eigenvalue weighted by atomic mass is 16.5. The second-order valence-corrected chi connectivity index (χ2v) is 3.54. The number of aromatic nitrogens is 1. The van der Waals surface area contributed by atoms with E-state index in [0.29, 0.717) is 36.6 Å². The van der Waals surface area contributed by atoms with Gasteiger partial charge in [-0.1, -0.05) is 0 Å². The molecule has 0 radical (unpaired) electrons. The first-order chi connectivity index (χ1) is 8.20. The molecule has 0 atom stereocenters. The van der Waals surface area contributed by atoms with Gasteiger partial charge in [0.1, 0.15) is 5.52 Å². The maximum absolute atomic E-state index is 10.8. The lowest BCUT2D eigenvalue weighted by Crippen LogP contribution is -1.97. The zero-order valence-corrected chi connectivity index (χ0v) is 9.47. The van der Waals surface area contributed by atoms with E-state index >= 15 is 0 Å². The lowest BCUT2D eigenvalue weighted by Gasteiger charge is -1.95. The van der Waals surface area contributed by atoms with E-state index in [2.05, 4.69) is 4.98 Å². The van der Waals surface area contributed by atoms with E-state index in [1.54, 1.807) is 6.07 Å². The van der Waals surface area contributed by atoms with Crippen LogP contribution in [-0.2, 0) is 11.2 Å². The van der Waals surface area contributed by atoms with Gasteiger partial charge in [0.15, 0.2) is 11.5 Å². The first-order valence-corrected chi connectivity index (χ1v) is 5.41. The van der Waals surface area contributed by atoms with Gasteiger partial charge < -0.3 is 14.3 Å². The Morgan fingerprint density at radius 1 is 1.53 bits per heavy atom. The number of hydrogen-bond donors (Lipinski definition) is 1. The van der Waals surface area contributed by atoms with Crippen molar-refractivity contribution in [2.24, 2.45) is 0 Å². The molecule has 1 heterocycles. The Hall–Kier alpha value is -1.88. The molecular formula is C12H13NO4. The molecule has 1 aromatic carbocycles. The molecule has 1 aromatic heterocycles. The number of hydrogen-bond acceptors (Lipinski definition) is 4. The second kappa shape index (κ2) is 4.97. The number of carboxylic acid groups (broad SMARTS) is 1. The molecule has 2 aromatic rings. The number of benzene rings is 1. The van der Waals surface area contributed by atoms with Crippen LogP contribution >= 0.6 is 0 Å². The number of carboxylic acids is 1. The maximum Gasteiger partial charge on any atom is 0.335 e. The molecule has 0 saturated heterocycles. The molecule has 17 heavy (non-hydrogen) atoms. The molecular weight excluding hydrogens is 222 g/mol. The summed E-state index contributed by atoms with van der Waals surface area (Å²) in [5.74, 6) is -0.401. The average molecular weight is 235 g/mol. The van der Waals surface area contributed by atoms with Crippen LogP contribution in [0.3, 0.4) is 0 Å². The first kappa shape index (κ1) is 11.6. The van der Waals surface area contributed by atoms with Crippen molar-refractivity contribution in [2.75, 3.05) is 13.2 Å². The van der Waals surface area contributed by atoms with Crippen LogP contribution in [0.2, 0.25) is 0 Å². The molecule has 90 valence electrons. The summed E-state index contributed by atoms with van der Waals surface area (Å²) in [6.45, 7) is 3.13. The van der Waals surface area contributed by atoms with Gasteiger partial charge in [0, 0.05) is 13.0 Å². The van der Waals surface area contributed by atoms with E-state index in [0.717, 1.165) is 0 Å². The van der Waals surface area contributed by atoms with E-state index in [1.807, 2.05) is 6.92 Å². The number of rotatable bonds is 5. The van der Waals surface area contributed by atoms with Gasteiger partial charge >= 0.3 is 5.97 Å². The van der Waals surface area contributed by atoms with Crippen molar-refractivity contribution in [1.82, 2.24) is 4.98 Å². The molecule has 0 aliphatic rings. The fourth-order valence-electron chi connectivity index (χ4n) is 1.52. The van der Waals surface area contributed by atoms with Crippen LogP contribution in [0.5, 0.6) is 0 Å². The zero-order valence-electron chi connectivity index (χ0n) is 9.47. The number of nitrogens with zero attached hydrogens (tertiary/aromatic N) is 1. The summed E-state index contributed by atoms with van der Waals surface area (Å²) in [7, 11) is 0. The minimum atomic E-state index is -0.967. The Balaban J connectivity index is 2.21. The SMILES string of the molecule is CCOCCc1nc2cc(C(=O)O)ccc2o1. The van der Waals surface area contributed by atoms with Crippen molar-refractivity contribution in [3.8, 4) is 0 Å². The van der Waals surface area contributed by atoms with E-state index in [4.69, 9.17) is 14.3 Å². The van der Waals surface area contributed by atoms with Crippen LogP contribution in [0, 0.1) is 0 Å². The quantitative estimate of drug-likeness (QED) is 0.803. The smallest absolute Gasteiger partial charge is 0.335 e. The zero-order chi connectivity index (χ0) is 12.3. The summed E-state index contributed by atoms with van der Waals surface area (Å²) < 4.78 is 10.7. The van der Waals surface area contributed by atoms with Gasteiger partial charge in [-0.25, -0.2) is 9.78 Å². The fraction of sp³-hybridized carbons (Fsp3) is 0.333. The molecule has 1 N–H and O–H groups in total. The monoisotopic (exact) mass is 235 g/mol. The first-order valence-electron chi connectivity index (χ1n) is 5.41. The van der Waals surface area contributed by atoms with Crippen molar-refractivity contribution < 1.29 is 19.1 Å². The third-order valence-corrected chi connectivity index (χ3v) is 2.34. The number of oxazole rings is 1. The van der Waals surface area contributed by atoms with Crippen LogP contribution in [0.15, 0.2) is 22.6 Å². The fourth-order valence-corrected chi connectivity index (χ4v) is 1.52. The summed E-state index contributed by atoms with van der Waals surface area (Å²) in [5.41, 5.74) is 1.38. The molecule has 5 nitrogen and oxygen atoms in total. The Bertz CT molecular complexity index is 532. The van der Waals surface area contributed by atoms with Gasteiger partial charge in [0.05, 0.1) is 12.2 Å². The number of ether oxygens (including phenoxy) is 1.